The average Bonchev–Trinajstić information content (AvgIpc) is 2.88. The van der Waals surface area contributed by atoms with Gasteiger partial charge in [0.15, 0.2) is 5.82 Å². The third-order valence-electron chi connectivity index (χ3n) is 5.04. The van der Waals surface area contributed by atoms with E-state index < -0.39 is 15.8 Å². The Balaban J connectivity index is 1.77. The van der Waals surface area contributed by atoms with Gasteiger partial charge in [0.05, 0.1) is 25.3 Å². The van der Waals surface area contributed by atoms with Gasteiger partial charge < -0.3 is 9.64 Å². The Hall–Kier alpha value is -1.32. The van der Waals surface area contributed by atoms with E-state index in [1.807, 2.05) is 4.90 Å². The number of rotatable bonds is 4. The van der Waals surface area contributed by atoms with Gasteiger partial charge in [-0.3, -0.25) is 0 Å². The molecule has 7 nitrogen and oxygen atoms in total. The van der Waals surface area contributed by atoms with E-state index in [0.717, 1.165) is 25.2 Å². The number of aromatic nitrogens is 2. The molecule has 0 aliphatic carbocycles. The molecule has 0 bridgehead atoms. The Kier molecular flexibility index (Phi) is 4.76. The van der Waals surface area contributed by atoms with Crippen LogP contribution in [0.15, 0.2) is 12.4 Å². The van der Waals surface area contributed by atoms with Crippen LogP contribution in [0.25, 0.3) is 0 Å². The lowest BCUT2D eigenvalue weighted by Gasteiger charge is -2.45. The van der Waals surface area contributed by atoms with Gasteiger partial charge in [-0.25, -0.2) is 22.8 Å². The third kappa shape index (κ3) is 3.25. The molecule has 0 N–H and O–H groups in total. The Morgan fingerprint density at radius 2 is 1.92 bits per heavy atom. The smallest absolute Gasteiger partial charge is 0.225 e. The minimum atomic E-state index is -3.32. The zero-order valence-corrected chi connectivity index (χ0v) is 14.8. The van der Waals surface area contributed by atoms with Crippen LogP contribution in [0.2, 0.25) is 0 Å². The highest BCUT2D eigenvalue weighted by Gasteiger charge is 2.52. The summed E-state index contributed by atoms with van der Waals surface area (Å²) in [4.78, 5) is 10.0. The highest BCUT2D eigenvalue weighted by atomic mass is 32.2. The number of hydrogen-bond acceptors (Lipinski definition) is 6. The maximum atomic E-state index is 13.0. The number of methoxy groups -OCH3 is 1. The quantitative estimate of drug-likeness (QED) is 0.800. The van der Waals surface area contributed by atoms with Gasteiger partial charge in [0, 0.05) is 31.8 Å². The molecule has 3 heterocycles. The van der Waals surface area contributed by atoms with Crippen molar-refractivity contribution in [3.63, 3.8) is 0 Å². The van der Waals surface area contributed by atoms with Crippen molar-refractivity contribution in [1.82, 2.24) is 14.3 Å². The van der Waals surface area contributed by atoms with Crippen molar-refractivity contribution in [1.29, 1.82) is 0 Å². The summed E-state index contributed by atoms with van der Waals surface area (Å²) in [5.41, 5.74) is -0.354. The third-order valence-corrected chi connectivity index (χ3v) is 6.44. The number of ether oxygens (including phenoxy) is 1. The summed E-state index contributed by atoms with van der Waals surface area (Å²) < 4.78 is 44.6. The van der Waals surface area contributed by atoms with E-state index in [9.17, 15) is 12.8 Å². The van der Waals surface area contributed by atoms with Crippen LogP contribution in [-0.4, -0.2) is 67.3 Å². The summed E-state index contributed by atoms with van der Waals surface area (Å²) in [6.07, 6.45) is 6.65. The van der Waals surface area contributed by atoms with Crippen LogP contribution in [0, 0.1) is 5.82 Å². The van der Waals surface area contributed by atoms with Gasteiger partial charge >= 0.3 is 0 Å². The van der Waals surface area contributed by atoms with Crippen LogP contribution in [0.3, 0.4) is 0 Å². The van der Waals surface area contributed by atoms with Gasteiger partial charge in [0.25, 0.3) is 0 Å². The highest BCUT2D eigenvalue weighted by molar-refractivity contribution is 7.88. The molecule has 0 amide bonds. The first-order valence-corrected chi connectivity index (χ1v) is 9.91. The fraction of sp³-hybridized carbons (Fsp3) is 0.733. The maximum Gasteiger partial charge on any atom is 0.225 e. The monoisotopic (exact) mass is 358 g/mol. The summed E-state index contributed by atoms with van der Waals surface area (Å²) in [6.45, 7) is 1.72. The molecule has 3 rings (SSSR count). The van der Waals surface area contributed by atoms with Crippen molar-refractivity contribution < 1.29 is 17.5 Å². The van der Waals surface area contributed by atoms with Gasteiger partial charge in [-0.05, 0) is 25.7 Å². The SMILES string of the molecule is COCC1CCC2(CCN(c3ncc(F)cn3)CC2)N1S(C)(=O)=O. The molecule has 9 heteroatoms. The van der Waals surface area contributed by atoms with Crippen molar-refractivity contribution >= 4 is 16.0 Å². The predicted molar refractivity (Wildman–Crippen MR) is 87.7 cm³/mol. The zero-order chi connectivity index (χ0) is 17.4. The second kappa shape index (κ2) is 6.53. The van der Waals surface area contributed by atoms with Crippen LogP contribution in [0.4, 0.5) is 10.3 Å². The van der Waals surface area contributed by atoms with Crippen molar-refractivity contribution in [2.45, 2.75) is 37.3 Å². The van der Waals surface area contributed by atoms with Gasteiger partial charge in [-0.15, -0.1) is 0 Å². The van der Waals surface area contributed by atoms with Crippen LogP contribution in [0.5, 0.6) is 0 Å². The second-order valence-corrected chi connectivity index (χ2v) is 8.48. The van der Waals surface area contributed by atoms with Crippen molar-refractivity contribution in [3.8, 4) is 0 Å². The van der Waals surface area contributed by atoms with Gasteiger partial charge in [-0.1, -0.05) is 0 Å². The summed E-state index contributed by atoms with van der Waals surface area (Å²) in [5, 5.41) is 0. The highest BCUT2D eigenvalue weighted by Crippen LogP contribution is 2.43. The molecule has 2 saturated heterocycles. The fourth-order valence-electron chi connectivity index (χ4n) is 4.08. The molecule has 2 aliphatic rings. The van der Waals surface area contributed by atoms with Crippen molar-refractivity contribution in [2.75, 3.05) is 38.0 Å². The first-order valence-electron chi connectivity index (χ1n) is 8.07. The van der Waals surface area contributed by atoms with Crippen LogP contribution in [0.1, 0.15) is 25.7 Å². The molecule has 1 atom stereocenters. The van der Waals surface area contributed by atoms with E-state index in [4.69, 9.17) is 4.74 Å². The molecule has 0 saturated carbocycles. The minimum Gasteiger partial charge on any atom is -0.383 e. The van der Waals surface area contributed by atoms with Crippen LogP contribution < -0.4 is 4.90 Å². The number of halogens is 1. The molecule has 0 aromatic carbocycles. The van der Waals surface area contributed by atoms with Gasteiger partial charge in [0.2, 0.25) is 16.0 Å². The molecule has 2 aliphatic heterocycles. The Morgan fingerprint density at radius 1 is 1.29 bits per heavy atom. The van der Waals surface area contributed by atoms with Crippen molar-refractivity contribution in [2.24, 2.45) is 0 Å². The summed E-state index contributed by atoms with van der Waals surface area (Å²) in [7, 11) is -1.72. The average molecular weight is 358 g/mol. The number of anilines is 1. The van der Waals surface area contributed by atoms with Crippen LogP contribution >= 0.6 is 0 Å². The van der Waals surface area contributed by atoms with E-state index in [1.165, 1.54) is 6.26 Å². The molecular formula is C15H23FN4O3S. The molecule has 1 aromatic rings. The van der Waals surface area contributed by atoms with E-state index >= 15 is 0 Å². The Labute approximate surface area is 141 Å². The lowest BCUT2D eigenvalue weighted by Crippen LogP contribution is -2.56. The lowest BCUT2D eigenvalue weighted by molar-refractivity contribution is 0.104. The zero-order valence-electron chi connectivity index (χ0n) is 14.0. The standard InChI is InChI=1S/C15H23FN4O3S/c1-23-11-13-3-4-15(20(13)24(2,21)22)5-7-19(8-6-15)14-17-9-12(16)10-18-14/h9-10,13H,3-8,11H2,1-2H3. The summed E-state index contributed by atoms with van der Waals surface area (Å²) in [6, 6.07) is -0.0985. The van der Waals surface area contributed by atoms with Crippen LogP contribution in [-0.2, 0) is 14.8 Å². The summed E-state index contributed by atoms with van der Waals surface area (Å²) in [5.74, 6) is 0.0253. The number of hydrogen-bond donors (Lipinski definition) is 0. The first kappa shape index (κ1) is 17.5. The molecule has 24 heavy (non-hydrogen) atoms. The minimum absolute atomic E-state index is 0.0985. The Morgan fingerprint density at radius 3 is 2.46 bits per heavy atom. The van der Waals surface area contributed by atoms with E-state index in [-0.39, 0.29) is 11.6 Å². The molecule has 0 radical (unpaired) electrons. The lowest BCUT2D eigenvalue weighted by atomic mass is 9.86. The summed E-state index contributed by atoms with van der Waals surface area (Å²) >= 11 is 0. The van der Waals surface area contributed by atoms with Crippen molar-refractivity contribution in [3.05, 3.63) is 18.2 Å². The van der Waals surface area contributed by atoms with E-state index in [2.05, 4.69) is 9.97 Å². The van der Waals surface area contributed by atoms with Gasteiger partial charge in [-0.2, -0.15) is 4.31 Å². The second-order valence-electron chi connectivity index (χ2n) is 6.62. The van der Waals surface area contributed by atoms with E-state index in [1.54, 1.807) is 11.4 Å². The number of nitrogens with zero attached hydrogens (tertiary/aromatic N) is 4. The van der Waals surface area contributed by atoms with E-state index in [0.29, 0.717) is 38.5 Å². The first-order chi connectivity index (χ1) is 11.4. The molecule has 1 spiro atoms. The molecule has 1 aromatic heterocycles. The van der Waals surface area contributed by atoms with Gasteiger partial charge in [0.1, 0.15) is 0 Å². The number of piperidine rings is 1. The maximum absolute atomic E-state index is 13.0. The molecule has 134 valence electrons. The molecular weight excluding hydrogens is 335 g/mol. The normalized spacial score (nSPS) is 24.6. The molecule has 1 unspecified atom stereocenters. The topological polar surface area (TPSA) is 75.6 Å². The largest absolute Gasteiger partial charge is 0.383 e. The Bertz CT molecular complexity index is 674. The fourth-order valence-corrected chi connectivity index (χ4v) is 5.76. The number of sulfonamides is 1. The molecule has 2 fully saturated rings. The predicted octanol–water partition coefficient (Wildman–Crippen LogP) is 1.03.